The zero-order chi connectivity index (χ0) is 27.7. The van der Waals surface area contributed by atoms with E-state index in [0.29, 0.717) is 12.1 Å². The lowest BCUT2D eigenvalue weighted by atomic mass is 10.1. The maximum atomic E-state index is 10.2. The van der Waals surface area contributed by atoms with E-state index in [1.54, 1.807) is 4.90 Å². The van der Waals surface area contributed by atoms with Gasteiger partial charge in [0.15, 0.2) is 0 Å². The second kappa shape index (κ2) is 14.4. The Balaban J connectivity index is 0.000000306. The number of fused-ring (bicyclic) bond motifs is 1. The van der Waals surface area contributed by atoms with Gasteiger partial charge in [0.1, 0.15) is 17.6 Å². The van der Waals surface area contributed by atoms with Gasteiger partial charge in [0.05, 0.1) is 6.10 Å². The van der Waals surface area contributed by atoms with Crippen molar-refractivity contribution >= 4 is 40.7 Å². The molecule has 0 atom stereocenters. The van der Waals surface area contributed by atoms with Crippen molar-refractivity contribution in [2.75, 3.05) is 26.2 Å². The van der Waals surface area contributed by atoms with Crippen LogP contribution in [-0.4, -0.2) is 60.0 Å². The van der Waals surface area contributed by atoms with E-state index >= 15 is 0 Å². The topological polar surface area (TPSA) is 68.0 Å². The van der Waals surface area contributed by atoms with Crippen molar-refractivity contribution in [2.45, 2.75) is 74.5 Å². The van der Waals surface area contributed by atoms with Crippen molar-refractivity contribution in [1.29, 1.82) is 0 Å². The summed E-state index contributed by atoms with van der Waals surface area (Å²) in [5.74, 6) is 1.91. The molecular weight excluding hydrogens is 542 g/mol. The van der Waals surface area contributed by atoms with Gasteiger partial charge >= 0.3 is 0 Å². The number of hydrogen-bond donors (Lipinski definition) is 1. The van der Waals surface area contributed by atoms with Crippen LogP contribution in [-0.2, 0) is 4.79 Å². The number of rotatable bonds is 7. The summed E-state index contributed by atoms with van der Waals surface area (Å²) in [6.07, 6.45) is 10.5. The fourth-order valence-electron chi connectivity index (χ4n) is 5.45. The van der Waals surface area contributed by atoms with Gasteiger partial charge < -0.3 is 20.1 Å². The van der Waals surface area contributed by atoms with Crippen LogP contribution < -0.4 is 15.2 Å². The molecule has 6 rings (SSSR count). The third-order valence-electron chi connectivity index (χ3n) is 7.86. The number of ether oxygens (including phenoxy) is 2. The Morgan fingerprint density at radius 1 is 0.750 bits per heavy atom. The molecule has 0 radical (unpaired) electrons. The molecule has 2 N–H and O–H groups in total. The maximum Gasteiger partial charge on any atom is 0.209 e. The number of piperidine rings is 2. The second-order valence-electron chi connectivity index (χ2n) is 11.0. The van der Waals surface area contributed by atoms with Crippen LogP contribution in [0.4, 0.5) is 0 Å². The lowest BCUT2D eigenvalue weighted by molar-refractivity contribution is -0.119. The lowest BCUT2D eigenvalue weighted by Crippen LogP contribution is -2.38. The van der Waals surface area contributed by atoms with Crippen molar-refractivity contribution in [3.05, 3.63) is 65.7 Å². The molecule has 0 unspecified atom stereocenters. The molecule has 3 aromatic rings. The quantitative estimate of drug-likeness (QED) is 0.241. The summed E-state index contributed by atoms with van der Waals surface area (Å²) < 4.78 is 14.7. The summed E-state index contributed by atoms with van der Waals surface area (Å²) in [6.45, 7) is 3.72. The van der Waals surface area contributed by atoms with Gasteiger partial charge in [0, 0.05) is 42.1 Å². The van der Waals surface area contributed by atoms with Crippen LogP contribution in [0.5, 0.6) is 11.5 Å². The first-order valence-corrected chi connectivity index (χ1v) is 15.7. The monoisotopic (exact) mass is 581 g/mol. The number of nitrogens with two attached hydrogens (primary N) is 1. The van der Waals surface area contributed by atoms with E-state index in [0.717, 1.165) is 74.8 Å². The molecule has 6 nitrogen and oxygen atoms in total. The highest BCUT2D eigenvalue weighted by molar-refractivity contribution is 7.97. The molecule has 1 amide bonds. The predicted molar refractivity (Wildman–Crippen MR) is 164 cm³/mol. The SMILES string of the molecule is Clc1ccc(OC2CCN(Sc3ccc4cc(OC5CCCC5)ccc4c3)CC2)cc1.NC1CCN(C=O)CC1. The summed E-state index contributed by atoms with van der Waals surface area (Å²) in [5, 5.41) is 3.26. The summed E-state index contributed by atoms with van der Waals surface area (Å²) in [6, 6.07) is 21.2. The molecule has 2 aliphatic heterocycles. The van der Waals surface area contributed by atoms with Crippen molar-refractivity contribution < 1.29 is 14.3 Å². The molecule has 0 bridgehead atoms. The minimum absolute atomic E-state index is 0.271. The van der Waals surface area contributed by atoms with Gasteiger partial charge in [0.25, 0.3) is 0 Å². The molecule has 3 aliphatic rings. The van der Waals surface area contributed by atoms with Gasteiger partial charge in [-0.15, -0.1) is 0 Å². The van der Waals surface area contributed by atoms with Crippen LogP contribution in [0.25, 0.3) is 10.8 Å². The molecule has 3 aromatic carbocycles. The van der Waals surface area contributed by atoms with E-state index in [9.17, 15) is 4.79 Å². The number of amides is 1. The number of hydrogen-bond acceptors (Lipinski definition) is 6. The van der Waals surface area contributed by atoms with Crippen LogP contribution in [0, 0.1) is 0 Å². The standard InChI is InChI=1S/C26H28ClNO2S.C6H12N2O/c27-21-7-10-23(11-8-21)29-24-13-15-28(16-14-24)31-26-12-6-19-17-25(9-5-20(19)18-26)30-22-3-1-2-4-22;7-6-1-3-8(5-9)4-2-6/h5-12,17-18,22,24H,1-4,13-16H2;5-6H,1-4,7H2. The molecule has 0 spiro atoms. The van der Waals surface area contributed by atoms with Crippen LogP contribution in [0.2, 0.25) is 5.02 Å². The largest absolute Gasteiger partial charge is 0.490 e. The molecule has 8 heteroatoms. The Bertz CT molecular complexity index is 1220. The van der Waals surface area contributed by atoms with Crippen molar-refractivity contribution in [2.24, 2.45) is 5.73 Å². The Kier molecular flexibility index (Phi) is 10.5. The first-order chi connectivity index (χ1) is 19.5. The van der Waals surface area contributed by atoms with Gasteiger partial charge in [-0.3, -0.25) is 4.79 Å². The Labute approximate surface area is 247 Å². The highest BCUT2D eigenvalue weighted by Gasteiger charge is 2.22. The highest BCUT2D eigenvalue weighted by atomic mass is 35.5. The summed E-state index contributed by atoms with van der Waals surface area (Å²) in [7, 11) is 0. The minimum atomic E-state index is 0.271. The maximum absolute atomic E-state index is 10.2. The third-order valence-corrected chi connectivity index (χ3v) is 9.20. The van der Waals surface area contributed by atoms with Crippen LogP contribution >= 0.6 is 23.5 Å². The van der Waals surface area contributed by atoms with Gasteiger partial charge in [-0.25, -0.2) is 4.31 Å². The van der Waals surface area contributed by atoms with E-state index in [2.05, 4.69) is 40.7 Å². The molecule has 1 aliphatic carbocycles. The average molecular weight is 582 g/mol. The zero-order valence-electron chi connectivity index (χ0n) is 23.1. The van der Waals surface area contributed by atoms with Crippen molar-refractivity contribution in [3.63, 3.8) is 0 Å². The number of carbonyl (C=O) groups is 1. The van der Waals surface area contributed by atoms with Crippen LogP contribution in [0.3, 0.4) is 0 Å². The van der Waals surface area contributed by atoms with E-state index in [-0.39, 0.29) is 6.10 Å². The Morgan fingerprint density at radius 3 is 2.05 bits per heavy atom. The number of carbonyl (C=O) groups excluding carboxylic acids is 1. The fourth-order valence-corrected chi connectivity index (χ4v) is 6.58. The van der Waals surface area contributed by atoms with Gasteiger partial charge in [-0.05, 0) is 123 Å². The molecule has 214 valence electrons. The lowest BCUT2D eigenvalue weighted by Gasteiger charge is -2.31. The van der Waals surface area contributed by atoms with E-state index in [1.165, 1.54) is 41.4 Å². The zero-order valence-corrected chi connectivity index (χ0v) is 24.6. The molecule has 0 aromatic heterocycles. The van der Waals surface area contributed by atoms with Gasteiger partial charge in [-0.1, -0.05) is 23.7 Å². The average Bonchev–Trinajstić information content (AvgIpc) is 3.49. The van der Waals surface area contributed by atoms with Crippen LogP contribution in [0.15, 0.2) is 65.6 Å². The van der Waals surface area contributed by atoms with Crippen molar-refractivity contribution in [3.8, 4) is 11.5 Å². The number of benzene rings is 3. The first-order valence-electron chi connectivity index (χ1n) is 14.5. The third kappa shape index (κ3) is 8.53. The summed E-state index contributed by atoms with van der Waals surface area (Å²) >= 11 is 7.81. The van der Waals surface area contributed by atoms with E-state index in [1.807, 2.05) is 36.2 Å². The smallest absolute Gasteiger partial charge is 0.209 e. The van der Waals surface area contributed by atoms with E-state index < -0.39 is 0 Å². The van der Waals surface area contributed by atoms with Crippen molar-refractivity contribution in [1.82, 2.24) is 9.21 Å². The van der Waals surface area contributed by atoms with Gasteiger partial charge in [0.2, 0.25) is 6.41 Å². The number of halogens is 1. The molecule has 2 saturated heterocycles. The Morgan fingerprint density at radius 2 is 1.35 bits per heavy atom. The highest BCUT2D eigenvalue weighted by Crippen LogP contribution is 2.32. The summed E-state index contributed by atoms with van der Waals surface area (Å²) in [4.78, 5) is 13.2. The molecule has 1 saturated carbocycles. The van der Waals surface area contributed by atoms with Gasteiger partial charge in [-0.2, -0.15) is 0 Å². The summed E-state index contributed by atoms with van der Waals surface area (Å²) in [5.41, 5.74) is 5.61. The Hall–Kier alpha value is -2.45. The minimum Gasteiger partial charge on any atom is -0.490 e. The fraction of sp³-hybridized carbons (Fsp3) is 0.469. The molecule has 40 heavy (non-hydrogen) atoms. The normalized spacial score (nSPS) is 19.3. The number of nitrogens with zero attached hydrogens (tertiary/aromatic N) is 2. The molecular formula is C32H40ClN3O3S. The molecule has 2 heterocycles. The van der Waals surface area contributed by atoms with E-state index in [4.69, 9.17) is 26.8 Å². The number of likely N-dealkylation sites (tertiary alicyclic amines) is 1. The predicted octanol–water partition coefficient (Wildman–Crippen LogP) is 6.93. The second-order valence-corrected chi connectivity index (χ2v) is 12.6. The first kappa shape index (κ1) is 29.1. The van der Waals surface area contributed by atoms with Crippen LogP contribution in [0.1, 0.15) is 51.4 Å². The molecule has 3 fully saturated rings.